The maximum Gasteiger partial charge on any atom is 0.237 e. The maximum atomic E-state index is 12.7. The van der Waals surface area contributed by atoms with Crippen molar-refractivity contribution in [3.05, 3.63) is 42.2 Å². The van der Waals surface area contributed by atoms with E-state index >= 15 is 0 Å². The van der Waals surface area contributed by atoms with Crippen molar-refractivity contribution < 1.29 is 9.90 Å². The molecule has 8 heteroatoms. The van der Waals surface area contributed by atoms with Gasteiger partial charge in [-0.1, -0.05) is 30.3 Å². The van der Waals surface area contributed by atoms with Crippen molar-refractivity contribution >= 4 is 23.2 Å². The summed E-state index contributed by atoms with van der Waals surface area (Å²) in [6, 6.07) is 8.27. The Morgan fingerprint density at radius 1 is 1.22 bits per heavy atom. The van der Waals surface area contributed by atoms with Crippen LogP contribution in [0.15, 0.2) is 36.7 Å². The summed E-state index contributed by atoms with van der Waals surface area (Å²) in [5.74, 6) is 0.894. The summed E-state index contributed by atoms with van der Waals surface area (Å²) < 4.78 is 1.67. The quantitative estimate of drug-likeness (QED) is 0.692. The fourth-order valence-corrected chi connectivity index (χ4v) is 5.02. The Morgan fingerprint density at radius 3 is 2.59 bits per heavy atom. The van der Waals surface area contributed by atoms with Gasteiger partial charge < -0.3 is 10.0 Å². The van der Waals surface area contributed by atoms with E-state index in [9.17, 15) is 9.90 Å². The van der Waals surface area contributed by atoms with Crippen LogP contribution in [-0.2, 0) is 11.3 Å². The lowest BCUT2D eigenvalue weighted by Crippen LogP contribution is -2.41. The zero-order chi connectivity index (χ0) is 22.7. The van der Waals surface area contributed by atoms with Gasteiger partial charge in [0.15, 0.2) is 5.82 Å². The van der Waals surface area contributed by atoms with E-state index in [0.29, 0.717) is 30.7 Å². The number of nitrogens with zero attached hydrogens (tertiary/aromatic N) is 5. The molecule has 0 unspecified atom stereocenters. The Morgan fingerprint density at radius 2 is 1.97 bits per heavy atom. The van der Waals surface area contributed by atoms with E-state index in [1.54, 1.807) is 24.9 Å². The maximum absolute atomic E-state index is 12.7. The predicted molar refractivity (Wildman–Crippen MR) is 129 cm³/mol. The van der Waals surface area contributed by atoms with Crippen LogP contribution in [0.25, 0.3) is 17.0 Å². The van der Waals surface area contributed by atoms with E-state index in [2.05, 4.69) is 39.4 Å². The second kappa shape index (κ2) is 9.77. The van der Waals surface area contributed by atoms with Gasteiger partial charge in [-0.3, -0.25) is 9.69 Å². The molecule has 0 spiro atoms. The van der Waals surface area contributed by atoms with Crippen LogP contribution in [0.5, 0.6) is 0 Å². The number of aromatic nitrogens is 3. The summed E-state index contributed by atoms with van der Waals surface area (Å²) in [7, 11) is 0. The van der Waals surface area contributed by atoms with Gasteiger partial charge in [-0.05, 0) is 50.6 Å². The van der Waals surface area contributed by atoms with Crippen LogP contribution < -0.4 is 0 Å². The number of hydrogen-bond acceptors (Lipinski definition) is 6. The van der Waals surface area contributed by atoms with Crippen LogP contribution in [0.1, 0.15) is 32.3 Å². The second-order valence-corrected chi connectivity index (χ2v) is 10.5. The Labute approximate surface area is 194 Å². The number of rotatable bonds is 7. The topological polar surface area (TPSA) is 74.5 Å². The van der Waals surface area contributed by atoms with E-state index in [1.807, 2.05) is 28.8 Å². The normalized spacial score (nSPS) is 19.9. The first kappa shape index (κ1) is 23.0. The van der Waals surface area contributed by atoms with Crippen molar-refractivity contribution in [3.8, 4) is 11.4 Å². The standard InChI is InChI=1S/C24H33N5O2S/c1-24(2,31)16-29-17-25-23(26-29)20-6-4-18(5-7-20)19-8-12-28(13-9-19)22(30)15-27-11-10-21(14-27)32-3/h4-8,17,21,31H,9-16H2,1-3H3/t21-/m0/s1. The molecule has 2 aliphatic rings. The van der Waals surface area contributed by atoms with Crippen molar-refractivity contribution in [2.45, 2.75) is 44.1 Å². The van der Waals surface area contributed by atoms with Gasteiger partial charge in [0, 0.05) is 30.4 Å². The zero-order valence-corrected chi connectivity index (χ0v) is 20.0. The minimum atomic E-state index is -0.830. The fraction of sp³-hybridized carbons (Fsp3) is 0.542. The van der Waals surface area contributed by atoms with Crippen LogP contribution in [0.2, 0.25) is 0 Å². The fourth-order valence-electron chi connectivity index (χ4n) is 4.32. The molecular formula is C24H33N5O2S. The van der Waals surface area contributed by atoms with Crippen LogP contribution in [0.4, 0.5) is 0 Å². The van der Waals surface area contributed by atoms with Crippen molar-refractivity contribution in [1.82, 2.24) is 24.6 Å². The number of aliphatic hydroxyl groups is 1. The second-order valence-electron chi connectivity index (χ2n) is 9.36. The number of thioether (sulfide) groups is 1. The van der Waals surface area contributed by atoms with Gasteiger partial charge in [0.2, 0.25) is 5.91 Å². The van der Waals surface area contributed by atoms with Gasteiger partial charge in [-0.2, -0.15) is 16.9 Å². The third-order valence-electron chi connectivity index (χ3n) is 6.08. The zero-order valence-electron chi connectivity index (χ0n) is 19.2. The first-order valence-corrected chi connectivity index (χ1v) is 12.5. The van der Waals surface area contributed by atoms with Gasteiger partial charge in [0.05, 0.1) is 18.7 Å². The lowest BCUT2D eigenvalue weighted by Gasteiger charge is -2.28. The minimum Gasteiger partial charge on any atom is -0.389 e. The number of carbonyl (C=O) groups excluding carboxylic acids is 1. The summed E-state index contributed by atoms with van der Waals surface area (Å²) in [5, 5.41) is 15.1. The first-order chi connectivity index (χ1) is 15.3. The molecule has 2 aromatic rings. The van der Waals surface area contributed by atoms with Gasteiger partial charge >= 0.3 is 0 Å². The van der Waals surface area contributed by atoms with Crippen LogP contribution >= 0.6 is 11.8 Å². The molecule has 1 fully saturated rings. The monoisotopic (exact) mass is 455 g/mol. The molecule has 0 aliphatic carbocycles. The third-order valence-corrected chi connectivity index (χ3v) is 7.13. The lowest BCUT2D eigenvalue weighted by molar-refractivity contribution is -0.131. The largest absolute Gasteiger partial charge is 0.389 e. The van der Waals surface area contributed by atoms with Crippen LogP contribution in [-0.4, -0.2) is 85.4 Å². The molecular weight excluding hydrogens is 422 g/mol. The van der Waals surface area contributed by atoms with Gasteiger partial charge in [0.1, 0.15) is 6.33 Å². The Bertz CT molecular complexity index is 964. The highest BCUT2D eigenvalue weighted by molar-refractivity contribution is 7.99. The number of likely N-dealkylation sites (tertiary alicyclic amines) is 1. The average molecular weight is 456 g/mol. The molecule has 32 heavy (non-hydrogen) atoms. The summed E-state index contributed by atoms with van der Waals surface area (Å²) in [6.07, 6.45) is 8.04. The van der Waals surface area contributed by atoms with Gasteiger partial charge in [-0.15, -0.1) is 0 Å². The molecule has 1 amide bonds. The summed E-state index contributed by atoms with van der Waals surface area (Å²) in [6.45, 7) is 7.96. The van der Waals surface area contributed by atoms with Crippen LogP contribution in [0, 0.1) is 0 Å². The van der Waals surface area contributed by atoms with Crippen LogP contribution in [0.3, 0.4) is 0 Å². The number of benzene rings is 1. The highest BCUT2D eigenvalue weighted by atomic mass is 32.2. The Balaban J connectivity index is 1.33. The molecule has 1 aromatic carbocycles. The van der Waals surface area contributed by atoms with Crippen molar-refractivity contribution in [2.75, 3.05) is 39.0 Å². The first-order valence-electron chi connectivity index (χ1n) is 11.3. The number of hydrogen-bond donors (Lipinski definition) is 1. The van der Waals surface area contributed by atoms with E-state index in [-0.39, 0.29) is 5.91 Å². The highest BCUT2D eigenvalue weighted by Crippen LogP contribution is 2.25. The molecule has 0 bridgehead atoms. The lowest BCUT2D eigenvalue weighted by atomic mass is 9.98. The van der Waals surface area contributed by atoms with Crippen molar-refractivity contribution in [3.63, 3.8) is 0 Å². The van der Waals surface area contributed by atoms with Crippen molar-refractivity contribution in [2.24, 2.45) is 0 Å². The predicted octanol–water partition coefficient (Wildman–Crippen LogP) is 2.77. The Hall–Kier alpha value is -2.16. The van der Waals surface area contributed by atoms with Gasteiger partial charge in [-0.25, -0.2) is 9.67 Å². The Kier molecular flexibility index (Phi) is 7.02. The minimum absolute atomic E-state index is 0.241. The molecule has 172 valence electrons. The van der Waals surface area contributed by atoms with Gasteiger partial charge in [0.25, 0.3) is 0 Å². The molecule has 1 aromatic heterocycles. The molecule has 1 atom stereocenters. The average Bonchev–Trinajstić information content (AvgIpc) is 3.42. The summed E-state index contributed by atoms with van der Waals surface area (Å²) in [4.78, 5) is 21.3. The van der Waals surface area contributed by atoms with E-state index in [4.69, 9.17) is 0 Å². The molecule has 7 nitrogen and oxygen atoms in total. The van der Waals surface area contributed by atoms with E-state index in [1.165, 1.54) is 17.6 Å². The highest BCUT2D eigenvalue weighted by Gasteiger charge is 2.26. The molecule has 2 aliphatic heterocycles. The van der Waals surface area contributed by atoms with E-state index < -0.39 is 5.60 Å². The molecule has 1 saturated heterocycles. The molecule has 4 rings (SSSR count). The summed E-state index contributed by atoms with van der Waals surface area (Å²) >= 11 is 1.90. The summed E-state index contributed by atoms with van der Waals surface area (Å²) in [5.41, 5.74) is 2.58. The van der Waals surface area contributed by atoms with Crippen molar-refractivity contribution in [1.29, 1.82) is 0 Å². The molecule has 3 heterocycles. The third kappa shape index (κ3) is 5.79. The number of amides is 1. The van der Waals surface area contributed by atoms with E-state index in [0.717, 1.165) is 31.6 Å². The smallest absolute Gasteiger partial charge is 0.237 e. The molecule has 0 saturated carbocycles. The number of carbonyl (C=O) groups is 1. The SMILES string of the molecule is CS[C@H]1CCN(CC(=O)N2CC=C(c3ccc(-c4ncn(CC(C)(C)O)n4)cc3)CC2)C1. The molecule has 0 radical (unpaired) electrons. The molecule has 1 N–H and O–H groups in total.